The molecule has 2 heterocycles. The average molecular weight is 319 g/mol. The molecular weight excluding hydrogens is 302 g/mol. The molecule has 8 heteroatoms. The van der Waals surface area contributed by atoms with Gasteiger partial charge in [-0.05, 0) is 26.0 Å². The van der Waals surface area contributed by atoms with Crippen LogP contribution >= 0.6 is 0 Å². The maximum atomic E-state index is 11.9. The molecule has 1 aliphatic rings. The number of rotatable bonds is 3. The third-order valence-electron chi connectivity index (χ3n) is 3.78. The third kappa shape index (κ3) is 2.45. The highest BCUT2D eigenvalue weighted by Crippen LogP contribution is 2.26. The minimum Gasteiger partial charge on any atom is -0.434 e. The van der Waals surface area contributed by atoms with Crippen molar-refractivity contribution < 1.29 is 18.7 Å². The molecule has 2 amide bonds. The predicted molar refractivity (Wildman–Crippen MR) is 82.5 cm³/mol. The molecule has 0 unspecified atom stereocenters. The Hall–Kier alpha value is -2.77. The normalized spacial score (nSPS) is 17.8. The number of ether oxygens (including phenoxy) is 1. The van der Waals surface area contributed by atoms with Crippen molar-refractivity contribution in [2.24, 2.45) is 0 Å². The predicted octanol–water partition coefficient (Wildman–Crippen LogP) is 1.25. The Morgan fingerprint density at radius 1 is 1.35 bits per heavy atom. The number of oxazole rings is 1. The number of carbonyl (C=O) groups excluding carboxylic acids is 2. The molecular formula is C15H17N3O5. The van der Waals surface area contributed by atoms with E-state index in [-0.39, 0.29) is 18.5 Å². The molecule has 1 fully saturated rings. The van der Waals surface area contributed by atoms with E-state index in [1.807, 2.05) is 13.8 Å². The number of carbonyl (C=O) groups is 2. The summed E-state index contributed by atoms with van der Waals surface area (Å²) in [4.78, 5) is 36.8. The highest BCUT2D eigenvalue weighted by molar-refractivity contribution is 5.96. The van der Waals surface area contributed by atoms with E-state index in [0.717, 1.165) is 0 Å². The number of likely N-dealkylation sites (N-methyl/N-ethyl adjacent to an activating group) is 1. The van der Waals surface area contributed by atoms with Gasteiger partial charge in [-0.3, -0.25) is 14.3 Å². The Morgan fingerprint density at radius 3 is 2.74 bits per heavy atom. The summed E-state index contributed by atoms with van der Waals surface area (Å²) in [5.74, 6) is -0.807. The molecule has 3 rings (SSSR count). The van der Waals surface area contributed by atoms with Gasteiger partial charge in [-0.1, -0.05) is 0 Å². The zero-order valence-electron chi connectivity index (χ0n) is 13.0. The summed E-state index contributed by atoms with van der Waals surface area (Å²) >= 11 is 0. The van der Waals surface area contributed by atoms with E-state index in [9.17, 15) is 14.4 Å². The Labute approximate surface area is 131 Å². The van der Waals surface area contributed by atoms with Crippen molar-refractivity contribution in [3.05, 3.63) is 28.7 Å². The number of benzene rings is 1. The number of amides is 2. The van der Waals surface area contributed by atoms with Gasteiger partial charge < -0.3 is 14.5 Å². The molecule has 122 valence electrons. The van der Waals surface area contributed by atoms with Crippen LogP contribution in [0, 0.1) is 0 Å². The van der Waals surface area contributed by atoms with Gasteiger partial charge in [0.15, 0.2) is 11.7 Å². The molecule has 1 aliphatic heterocycles. The second kappa shape index (κ2) is 5.45. The Bertz CT molecular complexity index is 835. The number of nitrogens with one attached hydrogen (secondary N) is 1. The van der Waals surface area contributed by atoms with Crippen LogP contribution in [0.15, 0.2) is 27.4 Å². The quantitative estimate of drug-likeness (QED) is 0.919. The lowest BCUT2D eigenvalue weighted by Crippen LogP contribution is -2.35. The molecule has 1 aromatic heterocycles. The van der Waals surface area contributed by atoms with Gasteiger partial charge in [-0.15, -0.1) is 0 Å². The van der Waals surface area contributed by atoms with Crippen LogP contribution in [0.3, 0.4) is 0 Å². The minimum absolute atomic E-state index is 0.0380. The largest absolute Gasteiger partial charge is 0.434 e. The van der Waals surface area contributed by atoms with Crippen LogP contribution in [-0.4, -0.2) is 36.3 Å². The maximum absolute atomic E-state index is 11.9. The number of anilines is 1. The number of nitrogens with zero attached hydrogens (tertiary/aromatic N) is 2. The van der Waals surface area contributed by atoms with Crippen molar-refractivity contribution in [1.82, 2.24) is 9.88 Å². The Balaban J connectivity index is 1.97. The summed E-state index contributed by atoms with van der Waals surface area (Å²) in [6.45, 7) is 3.88. The fourth-order valence-electron chi connectivity index (χ4n) is 2.65. The molecule has 0 aliphatic carbocycles. The molecule has 23 heavy (non-hydrogen) atoms. The first-order valence-electron chi connectivity index (χ1n) is 7.27. The minimum atomic E-state index is -0.851. The topological polar surface area (TPSA) is 93.8 Å². The molecule has 1 saturated heterocycles. The second-order valence-electron chi connectivity index (χ2n) is 5.58. The number of cyclic esters (lactones) is 1. The van der Waals surface area contributed by atoms with Crippen molar-refractivity contribution in [1.29, 1.82) is 0 Å². The van der Waals surface area contributed by atoms with Crippen molar-refractivity contribution in [3.8, 4) is 0 Å². The Morgan fingerprint density at radius 2 is 2.09 bits per heavy atom. The fourth-order valence-corrected chi connectivity index (χ4v) is 2.65. The van der Waals surface area contributed by atoms with E-state index in [2.05, 4.69) is 5.32 Å². The first-order chi connectivity index (χ1) is 10.9. The van der Waals surface area contributed by atoms with Crippen LogP contribution in [-0.2, 0) is 9.53 Å². The molecule has 0 radical (unpaired) electrons. The number of fused-ring (bicyclic) bond motifs is 1. The SMILES string of the molecule is CNC(=O)[C@H]1CN(c2ccc3c(c2)oc(=O)n3C(C)C)C(=O)O1. The van der Waals surface area contributed by atoms with E-state index in [1.165, 1.54) is 16.5 Å². The summed E-state index contributed by atoms with van der Waals surface area (Å²) < 4.78 is 11.8. The van der Waals surface area contributed by atoms with Gasteiger partial charge in [-0.2, -0.15) is 0 Å². The zero-order chi connectivity index (χ0) is 16.7. The van der Waals surface area contributed by atoms with Crippen molar-refractivity contribution >= 4 is 28.8 Å². The van der Waals surface area contributed by atoms with Gasteiger partial charge >= 0.3 is 11.8 Å². The summed E-state index contributed by atoms with van der Waals surface area (Å²) in [5, 5.41) is 2.45. The molecule has 1 aromatic carbocycles. The van der Waals surface area contributed by atoms with Gasteiger partial charge in [0.2, 0.25) is 0 Å². The second-order valence-corrected chi connectivity index (χ2v) is 5.58. The standard InChI is InChI=1S/C15H17N3O5/c1-8(2)18-10-5-4-9(6-11(10)22-15(18)21)17-7-12(13(19)16-3)23-14(17)20/h4-6,8,12H,7H2,1-3H3,(H,16,19)/t12-/m1/s1. The lowest BCUT2D eigenvalue weighted by atomic mass is 10.2. The lowest BCUT2D eigenvalue weighted by molar-refractivity contribution is -0.127. The first-order valence-corrected chi connectivity index (χ1v) is 7.27. The van der Waals surface area contributed by atoms with Crippen LogP contribution in [0.1, 0.15) is 19.9 Å². The third-order valence-corrected chi connectivity index (χ3v) is 3.78. The van der Waals surface area contributed by atoms with Crippen LogP contribution in [0.4, 0.5) is 10.5 Å². The summed E-state index contributed by atoms with van der Waals surface area (Å²) in [6, 6.07) is 4.98. The van der Waals surface area contributed by atoms with Crippen molar-refractivity contribution in [2.75, 3.05) is 18.5 Å². The average Bonchev–Trinajstić information content (AvgIpc) is 3.04. The van der Waals surface area contributed by atoms with Gasteiger partial charge in [0.25, 0.3) is 5.91 Å². The van der Waals surface area contributed by atoms with Crippen molar-refractivity contribution in [2.45, 2.75) is 26.0 Å². The molecule has 0 saturated carbocycles. The molecule has 0 spiro atoms. The van der Waals surface area contributed by atoms with Gasteiger partial charge in [-0.25, -0.2) is 9.59 Å². The van der Waals surface area contributed by atoms with Crippen LogP contribution < -0.4 is 16.0 Å². The number of aromatic nitrogens is 1. The van der Waals surface area contributed by atoms with Gasteiger partial charge in [0, 0.05) is 19.2 Å². The van der Waals surface area contributed by atoms with Crippen molar-refractivity contribution in [3.63, 3.8) is 0 Å². The van der Waals surface area contributed by atoms with E-state index in [1.54, 1.807) is 18.2 Å². The first kappa shape index (κ1) is 15.1. The Kier molecular flexibility index (Phi) is 3.59. The van der Waals surface area contributed by atoms with E-state index in [0.29, 0.717) is 16.8 Å². The van der Waals surface area contributed by atoms with Gasteiger partial charge in [0.1, 0.15) is 0 Å². The summed E-state index contributed by atoms with van der Waals surface area (Å²) in [5.41, 5.74) is 1.56. The number of hydrogen-bond donors (Lipinski definition) is 1. The van der Waals surface area contributed by atoms with Crippen LogP contribution in [0.5, 0.6) is 0 Å². The van der Waals surface area contributed by atoms with Crippen LogP contribution in [0.2, 0.25) is 0 Å². The number of hydrogen-bond acceptors (Lipinski definition) is 5. The highest BCUT2D eigenvalue weighted by Gasteiger charge is 2.36. The molecule has 1 atom stereocenters. The van der Waals surface area contributed by atoms with E-state index < -0.39 is 18.0 Å². The van der Waals surface area contributed by atoms with E-state index in [4.69, 9.17) is 9.15 Å². The van der Waals surface area contributed by atoms with E-state index >= 15 is 0 Å². The zero-order valence-corrected chi connectivity index (χ0v) is 13.0. The van der Waals surface area contributed by atoms with Gasteiger partial charge in [0.05, 0.1) is 17.7 Å². The smallest absolute Gasteiger partial charge is 0.420 e. The highest BCUT2D eigenvalue weighted by atomic mass is 16.6. The monoisotopic (exact) mass is 319 g/mol. The fraction of sp³-hybridized carbons (Fsp3) is 0.400. The summed E-state index contributed by atoms with van der Waals surface area (Å²) in [7, 11) is 1.48. The summed E-state index contributed by atoms with van der Waals surface area (Å²) in [6.07, 6.45) is -1.46. The lowest BCUT2D eigenvalue weighted by Gasteiger charge is -2.13. The van der Waals surface area contributed by atoms with Crippen LogP contribution in [0.25, 0.3) is 11.1 Å². The maximum Gasteiger partial charge on any atom is 0.420 e. The molecule has 1 N–H and O–H groups in total. The molecule has 8 nitrogen and oxygen atoms in total. The molecule has 2 aromatic rings. The molecule has 0 bridgehead atoms.